The lowest BCUT2D eigenvalue weighted by atomic mass is 10.2. The molecule has 0 spiro atoms. The number of likely N-dealkylation sites (tertiary alicyclic amines) is 1. The predicted octanol–water partition coefficient (Wildman–Crippen LogP) is 2.30. The molecule has 0 radical (unpaired) electrons. The number of aryl methyl sites for hydroxylation is 1. The molecule has 25 heavy (non-hydrogen) atoms. The van der Waals surface area contributed by atoms with Crippen molar-refractivity contribution in [2.75, 3.05) is 19.6 Å². The zero-order valence-electron chi connectivity index (χ0n) is 15.0. The first-order chi connectivity index (χ1) is 12.2. The van der Waals surface area contributed by atoms with Crippen molar-refractivity contribution in [3.63, 3.8) is 0 Å². The van der Waals surface area contributed by atoms with Crippen LogP contribution in [0.3, 0.4) is 0 Å². The first kappa shape index (κ1) is 17.6. The second-order valence-electron chi connectivity index (χ2n) is 6.57. The number of hydrogen-bond acceptors (Lipinski definition) is 5. The average Bonchev–Trinajstić information content (AvgIpc) is 3.27. The molecule has 0 aromatic carbocycles. The number of nitrogens with zero attached hydrogens (tertiary/aromatic N) is 4. The van der Waals surface area contributed by atoms with Gasteiger partial charge >= 0.3 is 0 Å². The number of hydrogen-bond donors (Lipinski definition) is 0. The molecule has 2 aromatic heterocycles. The topological polar surface area (TPSA) is 62.5 Å². The minimum Gasteiger partial charge on any atom is -0.444 e. The number of rotatable bonds is 7. The Morgan fingerprint density at radius 3 is 2.88 bits per heavy atom. The Bertz CT molecular complexity index is 686. The molecule has 134 valence electrons. The zero-order chi connectivity index (χ0) is 17.6. The van der Waals surface area contributed by atoms with Crippen LogP contribution in [0.5, 0.6) is 0 Å². The average molecular weight is 342 g/mol. The summed E-state index contributed by atoms with van der Waals surface area (Å²) in [5.41, 5.74) is 1.30. The standard InChI is InChI=1S/C19H26N4O2/c1-3-18-12-21-19(25-18)14-23(15(2)24)17-7-11-22(13-17)10-6-16-4-8-20-9-5-16/h4-5,8-9,12,17H,3,6-7,10-11,13-14H2,1-2H3. The normalized spacial score (nSPS) is 17.8. The molecule has 1 unspecified atom stereocenters. The summed E-state index contributed by atoms with van der Waals surface area (Å²) >= 11 is 0. The van der Waals surface area contributed by atoms with Crippen LogP contribution in [0.25, 0.3) is 0 Å². The summed E-state index contributed by atoms with van der Waals surface area (Å²) < 4.78 is 5.68. The number of carbonyl (C=O) groups is 1. The number of amides is 1. The minimum absolute atomic E-state index is 0.0808. The molecule has 0 aliphatic carbocycles. The molecule has 1 fully saturated rings. The fraction of sp³-hybridized carbons (Fsp3) is 0.526. The molecule has 3 rings (SSSR count). The van der Waals surface area contributed by atoms with Crippen LogP contribution in [0.4, 0.5) is 0 Å². The van der Waals surface area contributed by atoms with E-state index in [0.717, 1.165) is 44.7 Å². The van der Waals surface area contributed by atoms with Gasteiger partial charge in [-0.25, -0.2) is 4.98 Å². The van der Waals surface area contributed by atoms with Gasteiger partial charge in [0.05, 0.1) is 12.7 Å². The summed E-state index contributed by atoms with van der Waals surface area (Å²) in [5.74, 6) is 1.57. The lowest BCUT2D eigenvalue weighted by Gasteiger charge is -2.27. The van der Waals surface area contributed by atoms with E-state index >= 15 is 0 Å². The summed E-state index contributed by atoms with van der Waals surface area (Å²) in [5, 5.41) is 0. The Balaban J connectivity index is 1.55. The van der Waals surface area contributed by atoms with Gasteiger partial charge in [0.25, 0.3) is 0 Å². The maximum Gasteiger partial charge on any atom is 0.220 e. The van der Waals surface area contributed by atoms with Crippen molar-refractivity contribution in [2.24, 2.45) is 0 Å². The fourth-order valence-corrected chi connectivity index (χ4v) is 3.33. The monoisotopic (exact) mass is 342 g/mol. The number of carbonyl (C=O) groups excluding carboxylic acids is 1. The van der Waals surface area contributed by atoms with E-state index in [9.17, 15) is 4.79 Å². The molecule has 3 heterocycles. The van der Waals surface area contributed by atoms with E-state index in [1.54, 1.807) is 13.1 Å². The number of aromatic nitrogens is 2. The van der Waals surface area contributed by atoms with E-state index in [2.05, 4.69) is 27.0 Å². The summed E-state index contributed by atoms with van der Waals surface area (Å²) in [6.07, 6.45) is 8.25. The van der Waals surface area contributed by atoms with Gasteiger partial charge in [0.2, 0.25) is 11.8 Å². The highest BCUT2D eigenvalue weighted by atomic mass is 16.4. The summed E-state index contributed by atoms with van der Waals surface area (Å²) in [7, 11) is 0. The van der Waals surface area contributed by atoms with Crippen molar-refractivity contribution in [1.82, 2.24) is 19.8 Å². The van der Waals surface area contributed by atoms with Crippen LogP contribution in [-0.2, 0) is 24.2 Å². The maximum absolute atomic E-state index is 12.1. The van der Waals surface area contributed by atoms with Crippen LogP contribution >= 0.6 is 0 Å². The third-order valence-corrected chi connectivity index (χ3v) is 4.81. The third-order valence-electron chi connectivity index (χ3n) is 4.81. The van der Waals surface area contributed by atoms with Crippen LogP contribution in [0.15, 0.2) is 35.1 Å². The van der Waals surface area contributed by atoms with Gasteiger partial charge in [-0.3, -0.25) is 9.78 Å². The van der Waals surface area contributed by atoms with Crippen LogP contribution < -0.4 is 0 Å². The van der Waals surface area contributed by atoms with Crippen molar-refractivity contribution in [3.8, 4) is 0 Å². The highest BCUT2D eigenvalue weighted by molar-refractivity contribution is 5.73. The molecule has 6 heteroatoms. The van der Waals surface area contributed by atoms with Crippen LogP contribution in [-0.4, -0.2) is 51.4 Å². The molecule has 6 nitrogen and oxygen atoms in total. The van der Waals surface area contributed by atoms with Gasteiger partial charge in [-0.2, -0.15) is 0 Å². The lowest BCUT2D eigenvalue weighted by Crippen LogP contribution is -2.40. The molecule has 1 aliphatic rings. The van der Waals surface area contributed by atoms with Gasteiger partial charge in [-0.1, -0.05) is 6.92 Å². The quantitative estimate of drug-likeness (QED) is 0.772. The van der Waals surface area contributed by atoms with E-state index in [4.69, 9.17) is 4.42 Å². The second kappa shape index (κ2) is 8.25. The van der Waals surface area contributed by atoms with Crippen molar-refractivity contribution < 1.29 is 9.21 Å². The SMILES string of the molecule is CCc1cnc(CN(C(C)=O)C2CCN(CCc3ccncc3)C2)o1. The Labute approximate surface area is 148 Å². The predicted molar refractivity (Wildman–Crippen MR) is 94.9 cm³/mol. The lowest BCUT2D eigenvalue weighted by molar-refractivity contribution is -0.132. The van der Waals surface area contributed by atoms with Gasteiger partial charge in [0, 0.05) is 51.4 Å². The molecule has 1 saturated heterocycles. The number of pyridine rings is 1. The highest BCUT2D eigenvalue weighted by Gasteiger charge is 2.30. The van der Waals surface area contributed by atoms with Gasteiger partial charge < -0.3 is 14.2 Å². The highest BCUT2D eigenvalue weighted by Crippen LogP contribution is 2.19. The molecule has 0 saturated carbocycles. The van der Waals surface area contributed by atoms with Crippen molar-refractivity contribution in [1.29, 1.82) is 0 Å². The Morgan fingerprint density at radius 1 is 1.40 bits per heavy atom. The van der Waals surface area contributed by atoms with E-state index < -0.39 is 0 Å². The van der Waals surface area contributed by atoms with Crippen molar-refractivity contribution in [3.05, 3.63) is 47.9 Å². The van der Waals surface area contributed by atoms with E-state index in [0.29, 0.717) is 12.4 Å². The first-order valence-corrected chi connectivity index (χ1v) is 8.97. The maximum atomic E-state index is 12.1. The molecule has 2 aromatic rings. The summed E-state index contributed by atoms with van der Waals surface area (Å²) in [6.45, 7) is 7.05. The molecule has 1 amide bonds. The largest absolute Gasteiger partial charge is 0.444 e. The molecule has 1 atom stereocenters. The Morgan fingerprint density at radius 2 is 2.20 bits per heavy atom. The Hall–Kier alpha value is -2.21. The van der Waals surface area contributed by atoms with E-state index in [-0.39, 0.29) is 11.9 Å². The van der Waals surface area contributed by atoms with Crippen molar-refractivity contribution >= 4 is 5.91 Å². The minimum atomic E-state index is 0.0808. The molecule has 1 aliphatic heterocycles. The van der Waals surface area contributed by atoms with Gasteiger partial charge in [0.15, 0.2) is 0 Å². The first-order valence-electron chi connectivity index (χ1n) is 8.97. The molecule has 0 bridgehead atoms. The summed E-state index contributed by atoms with van der Waals surface area (Å²) in [4.78, 5) is 24.8. The van der Waals surface area contributed by atoms with E-state index in [1.807, 2.05) is 24.2 Å². The van der Waals surface area contributed by atoms with Crippen LogP contribution in [0.1, 0.15) is 37.5 Å². The van der Waals surface area contributed by atoms with Crippen LogP contribution in [0.2, 0.25) is 0 Å². The smallest absolute Gasteiger partial charge is 0.220 e. The van der Waals surface area contributed by atoms with Crippen LogP contribution in [0, 0.1) is 0 Å². The van der Waals surface area contributed by atoms with Gasteiger partial charge in [0.1, 0.15) is 5.76 Å². The van der Waals surface area contributed by atoms with Gasteiger partial charge in [-0.05, 0) is 30.5 Å². The summed E-state index contributed by atoms with van der Waals surface area (Å²) in [6, 6.07) is 4.35. The number of oxazole rings is 1. The van der Waals surface area contributed by atoms with E-state index in [1.165, 1.54) is 5.56 Å². The zero-order valence-corrected chi connectivity index (χ0v) is 15.0. The molecular formula is C19H26N4O2. The second-order valence-corrected chi connectivity index (χ2v) is 6.57. The third kappa shape index (κ3) is 4.66. The van der Waals surface area contributed by atoms with Crippen molar-refractivity contribution in [2.45, 2.75) is 45.7 Å². The fourth-order valence-electron chi connectivity index (χ4n) is 3.33. The van der Waals surface area contributed by atoms with Gasteiger partial charge in [-0.15, -0.1) is 0 Å². The molecular weight excluding hydrogens is 316 g/mol. The Kier molecular flexibility index (Phi) is 5.81. The molecule has 0 N–H and O–H groups in total.